The standard InChI is InChI=1S/C6H10O6/c7-4(8)1-2-6(11,12)3-5(9)10/h11-12H,1-3H2,(H,7,8)(H,9,10). The highest BCUT2D eigenvalue weighted by Gasteiger charge is 2.27. The Morgan fingerprint density at radius 2 is 1.58 bits per heavy atom. The fourth-order valence-electron chi connectivity index (χ4n) is 0.638. The number of aliphatic hydroxyl groups is 2. The van der Waals surface area contributed by atoms with Gasteiger partial charge in [0.25, 0.3) is 0 Å². The lowest BCUT2D eigenvalue weighted by molar-refractivity contribution is -0.187. The molecule has 0 atom stereocenters. The third-order valence-electron chi connectivity index (χ3n) is 1.17. The predicted molar refractivity (Wildman–Crippen MR) is 36.3 cm³/mol. The molecule has 0 heterocycles. The third-order valence-corrected chi connectivity index (χ3v) is 1.17. The van der Waals surface area contributed by atoms with Crippen LogP contribution in [-0.2, 0) is 9.59 Å². The van der Waals surface area contributed by atoms with Crippen molar-refractivity contribution in [1.29, 1.82) is 0 Å². The molecule has 0 fully saturated rings. The number of carboxylic acid groups (broad SMARTS) is 2. The molecule has 0 saturated heterocycles. The molecule has 0 aromatic rings. The third kappa shape index (κ3) is 5.63. The van der Waals surface area contributed by atoms with Gasteiger partial charge in [-0.3, -0.25) is 9.59 Å². The van der Waals surface area contributed by atoms with Gasteiger partial charge >= 0.3 is 11.9 Å². The zero-order chi connectivity index (χ0) is 9.78. The minimum absolute atomic E-state index is 0.472. The van der Waals surface area contributed by atoms with E-state index in [1.54, 1.807) is 0 Å². The molecule has 0 unspecified atom stereocenters. The van der Waals surface area contributed by atoms with E-state index >= 15 is 0 Å². The average Bonchev–Trinajstić information content (AvgIpc) is 1.81. The maximum absolute atomic E-state index is 9.99. The van der Waals surface area contributed by atoms with Gasteiger partial charge in [0, 0.05) is 6.42 Å². The van der Waals surface area contributed by atoms with Gasteiger partial charge in [-0.15, -0.1) is 0 Å². The summed E-state index contributed by atoms with van der Waals surface area (Å²) in [6.45, 7) is 0. The Hall–Kier alpha value is -1.14. The van der Waals surface area contributed by atoms with Gasteiger partial charge in [-0.2, -0.15) is 0 Å². The van der Waals surface area contributed by atoms with Crippen LogP contribution in [0.25, 0.3) is 0 Å². The van der Waals surface area contributed by atoms with E-state index in [9.17, 15) is 9.59 Å². The molecule has 6 heteroatoms. The lowest BCUT2D eigenvalue weighted by Gasteiger charge is -2.17. The van der Waals surface area contributed by atoms with Crippen LogP contribution < -0.4 is 0 Å². The van der Waals surface area contributed by atoms with Gasteiger partial charge in [0.15, 0.2) is 5.79 Å². The summed E-state index contributed by atoms with van der Waals surface area (Å²) >= 11 is 0. The molecule has 0 radical (unpaired) electrons. The fourth-order valence-corrected chi connectivity index (χ4v) is 0.638. The van der Waals surface area contributed by atoms with Gasteiger partial charge in [-0.25, -0.2) is 0 Å². The van der Waals surface area contributed by atoms with Crippen molar-refractivity contribution < 1.29 is 30.0 Å². The molecule has 0 amide bonds. The molecular formula is C6H10O6. The summed E-state index contributed by atoms with van der Waals surface area (Å²) in [6, 6.07) is 0. The van der Waals surface area contributed by atoms with Crippen LogP contribution in [0.5, 0.6) is 0 Å². The lowest BCUT2D eigenvalue weighted by Crippen LogP contribution is -2.31. The van der Waals surface area contributed by atoms with Crippen LogP contribution in [0.4, 0.5) is 0 Å². The Bertz CT molecular complexity index is 184. The molecule has 6 nitrogen and oxygen atoms in total. The van der Waals surface area contributed by atoms with Crippen LogP contribution in [0.1, 0.15) is 19.3 Å². The second kappa shape index (κ2) is 4.03. The summed E-state index contributed by atoms with van der Waals surface area (Å²) in [7, 11) is 0. The Morgan fingerprint density at radius 1 is 1.08 bits per heavy atom. The number of carbonyl (C=O) groups is 2. The molecule has 0 aromatic carbocycles. The average molecular weight is 178 g/mol. The summed E-state index contributed by atoms with van der Waals surface area (Å²) < 4.78 is 0. The highest BCUT2D eigenvalue weighted by Crippen LogP contribution is 2.13. The number of aliphatic carboxylic acids is 2. The van der Waals surface area contributed by atoms with Gasteiger partial charge < -0.3 is 20.4 Å². The summed E-state index contributed by atoms with van der Waals surface area (Å²) in [5.74, 6) is -5.01. The monoisotopic (exact) mass is 178 g/mol. The van der Waals surface area contributed by atoms with Gasteiger partial charge in [0.2, 0.25) is 0 Å². The van der Waals surface area contributed by atoms with E-state index in [1.807, 2.05) is 0 Å². The van der Waals surface area contributed by atoms with E-state index in [2.05, 4.69) is 0 Å². The predicted octanol–water partition coefficient (Wildman–Crippen LogP) is -0.993. The Morgan fingerprint density at radius 3 is 1.92 bits per heavy atom. The Balaban J connectivity index is 3.86. The first-order valence-electron chi connectivity index (χ1n) is 3.22. The Labute approximate surface area is 68.1 Å². The molecule has 0 aliphatic carbocycles. The number of rotatable bonds is 5. The van der Waals surface area contributed by atoms with Crippen molar-refractivity contribution in [3.05, 3.63) is 0 Å². The first-order valence-corrected chi connectivity index (χ1v) is 3.22. The lowest BCUT2D eigenvalue weighted by atomic mass is 10.1. The van der Waals surface area contributed by atoms with E-state index in [0.29, 0.717) is 0 Å². The fraction of sp³-hybridized carbons (Fsp3) is 0.667. The minimum Gasteiger partial charge on any atom is -0.481 e. The number of carboxylic acids is 2. The van der Waals surface area contributed by atoms with Crippen LogP contribution in [-0.4, -0.2) is 38.2 Å². The van der Waals surface area contributed by atoms with Crippen molar-refractivity contribution in [2.24, 2.45) is 0 Å². The van der Waals surface area contributed by atoms with E-state index in [-0.39, 0.29) is 0 Å². The van der Waals surface area contributed by atoms with Gasteiger partial charge in [0.1, 0.15) is 0 Å². The summed E-state index contributed by atoms with van der Waals surface area (Å²) in [5.41, 5.74) is 0. The van der Waals surface area contributed by atoms with Crippen LogP contribution >= 0.6 is 0 Å². The van der Waals surface area contributed by atoms with Crippen molar-refractivity contribution in [2.45, 2.75) is 25.0 Å². The highest BCUT2D eigenvalue weighted by molar-refractivity contribution is 5.69. The van der Waals surface area contributed by atoms with Crippen molar-refractivity contribution in [2.75, 3.05) is 0 Å². The topological polar surface area (TPSA) is 115 Å². The maximum atomic E-state index is 9.99. The molecule has 0 rings (SSSR count). The highest BCUT2D eigenvalue weighted by atomic mass is 16.5. The molecule has 4 N–H and O–H groups in total. The second-order valence-corrected chi connectivity index (χ2v) is 2.45. The van der Waals surface area contributed by atoms with Crippen LogP contribution in [0.2, 0.25) is 0 Å². The molecule has 0 bridgehead atoms. The van der Waals surface area contributed by atoms with E-state index in [4.69, 9.17) is 20.4 Å². The van der Waals surface area contributed by atoms with Crippen LogP contribution in [0.15, 0.2) is 0 Å². The van der Waals surface area contributed by atoms with E-state index in [1.165, 1.54) is 0 Å². The summed E-state index contributed by atoms with van der Waals surface area (Å²) in [6.07, 6.45) is -1.84. The maximum Gasteiger partial charge on any atom is 0.308 e. The molecule has 0 spiro atoms. The summed E-state index contributed by atoms with van der Waals surface area (Å²) in [5, 5.41) is 34.0. The minimum atomic E-state index is -2.43. The molecule has 0 aromatic heterocycles. The van der Waals surface area contributed by atoms with Crippen LogP contribution in [0.3, 0.4) is 0 Å². The van der Waals surface area contributed by atoms with E-state index < -0.39 is 37.0 Å². The molecule has 12 heavy (non-hydrogen) atoms. The second-order valence-electron chi connectivity index (χ2n) is 2.45. The van der Waals surface area contributed by atoms with Gasteiger partial charge in [-0.1, -0.05) is 0 Å². The first kappa shape index (κ1) is 10.9. The molecule has 0 aliphatic heterocycles. The molecule has 0 aliphatic rings. The van der Waals surface area contributed by atoms with Crippen molar-refractivity contribution in [1.82, 2.24) is 0 Å². The quantitative estimate of drug-likeness (QED) is 0.401. The zero-order valence-electron chi connectivity index (χ0n) is 6.23. The summed E-state index contributed by atoms with van der Waals surface area (Å²) in [4.78, 5) is 20.0. The van der Waals surface area contributed by atoms with E-state index in [0.717, 1.165) is 0 Å². The smallest absolute Gasteiger partial charge is 0.308 e. The van der Waals surface area contributed by atoms with Crippen molar-refractivity contribution in [3.8, 4) is 0 Å². The van der Waals surface area contributed by atoms with Crippen molar-refractivity contribution >= 4 is 11.9 Å². The largest absolute Gasteiger partial charge is 0.481 e. The number of hydrogen-bond acceptors (Lipinski definition) is 4. The first-order chi connectivity index (χ1) is 5.33. The van der Waals surface area contributed by atoms with Gasteiger partial charge in [-0.05, 0) is 0 Å². The Kier molecular flexibility index (Phi) is 3.65. The SMILES string of the molecule is O=C(O)CCC(O)(O)CC(=O)O. The molecule has 70 valence electrons. The normalized spacial score (nSPS) is 11.2. The number of hydrogen-bond donors (Lipinski definition) is 4. The molecular weight excluding hydrogens is 168 g/mol. The van der Waals surface area contributed by atoms with Crippen molar-refractivity contribution in [3.63, 3.8) is 0 Å². The zero-order valence-corrected chi connectivity index (χ0v) is 6.23. The molecule has 0 saturated carbocycles. The van der Waals surface area contributed by atoms with Gasteiger partial charge in [0.05, 0.1) is 12.8 Å². The van der Waals surface area contributed by atoms with Crippen LogP contribution in [0, 0.1) is 0 Å².